The van der Waals surface area contributed by atoms with E-state index < -0.39 is 11.0 Å². The molecule has 0 aliphatic heterocycles. The summed E-state index contributed by atoms with van der Waals surface area (Å²) in [5.41, 5.74) is 0.122. The van der Waals surface area contributed by atoms with Crippen LogP contribution in [0.5, 0.6) is 5.88 Å². The van der Waals surface area contributed by atoms with Crippen molar-refractivity contribution >= 4 is 17.6 Å². The van der Waals surface area contributed by atoms with Gasteiger partial charge in [0.1, 0.15) is 17.4 Å². The van der Waals surface area contributed by atoms with Crippen LogP contribution in [0.1, 0.15) is 34.6 Å². The van der Waals surface area contributed by atoms with Crippen LogP contribution in [-0.4, -0.2) is 33.1 Å². The topological polar surface area (TPSA) is 74.2 Å². The number of carbonyl (C=O) groups is 1. The Balaban J connectivity index is 1.99. The Morgan fingerprint density at radius 1 is 1.04 bits per heavy atom. The number of aromatic nitrogens is 3. The number of esters is 1. The van der Waals surface area contributed by atoms with Crippen LogP contribution < -0.4 is 4.74 Å². The van der Waals surface area contributed by atoms with E-state index in [-0.39, 0.29) is 12.6 Å². The fourth-order valence-electron chi connectivity index (χ4n) is 1.80. The second-order valence-electron chi connectivity index (χ2n) is 7.28. The molecule has 0 saturated heterocycles. The highest BCUT2D eigenvalue weighted by molar-refractivity contribution is 6.29. The monoisotopic (exact) mass is 363 g/mol. The van der Waals surface area contributed by atoms with Gasteiger partial charge in [-0.25, -0.2) is 15.0 Å². The van der Waals surface area contributed by atoms with Gasteiger partial charge < -0.3 is 9.47 Å². The molecule has 0 aliphatic rings. The number of hydrogen-bond donors (Lipinski definition) is 0. The van der Waals surface area contributed by atoms with Gasteiger partial charge in [-0.05, 0) is 46.8 Å². The normalized spacial score (nSPS) is 11.9. The van der Waals surface area contributed by atoms with E-state index in [1.165, 1.54) is 6.20 Å². The van der Waals surface area contributed by atoms with Gasteiger partial charge in [0.2, 0.25) is 5.88 Å². The molecule has 2 aromatic rings. The van der Waals surface area contributed by atoms with Crippen LogP contribution in [0.2, 0.25) is 5.15 Å². The summed E-state index contributed by atoms with van der Waals surface area (Å²) < 4.78 is 11.0. The maximum atomic E-state index is 12.2. The van der Waals surface area contributed by atoms with Gasteiger partial charge in [0.05, 0.1) is 23.5 Å². The SMILES string of the molecule is CC(C)(C)OC(=O)C(C)(C)COc1cnc(-c2ccc(Cl)nc2)cn1. The summed E-state index contributed by atoms with van der Waals surface area (Å²) in [5, 5.41) is 0.418. The number of pyridine rings is 1. The summed E-state index contributed by atoms with van der Waals surface area (Å²) in [5.74, 6) is 0.0131. The van der Waals surface area contributed by atoms with E-state index in [0.29, 0.717) is 16.7 Å². The molecule has 0 atom stereocenters. The van der Waals surface area contributed by atoms with Gasteiger partial charge in [-0.2, -0.15) is 0 Å². The molecule has 0 fully saturated rings. The summed E-state index contributed by atoms with van der Waals surface area (Å²) in [6, 6.07) is 3.50. The molecule has 0 unspecified atom stereocenters. The highest BCUT2D eigenvalue weighted by Crippen LogP contribution is 2.23. The van der Waals surface area contributed by atoms with Crippen molar-refractivity contribution in [3.8, 4) is 17.1 Å². The fraction of sp³-hybridized carbons (Fsp3) is 0.444. The number of ether oxygens (including phenoxy) is 2. The van der Waals surface area contributed by atoms with Crippen LogP contribution in [0.25, 0.3) is 11.3 Å². The van der Waals surface area contributed by atoms with E-state index in [4.69, 9.17) is 21.1 Å². The highest BCUT2D eigenvalue weighted by Gasteiger charge is 2.33. The van der Waals surface area contributed by atoms with Gasteiger partial charge >= 0.3 is 5.97 Å². The Kier molecular flexibility index (Phi) is 5.62. The molecule has 0 saturated carbocycles. The molecule has 6 nitrogen and oxygen atoms in total. The summed E-state index contributed by atoms with van der Waals surface area (Å²) in [6.07, 6.45) is 4.72. The molecule has 134 valence electrons. The molecule has 0 amide bonds. The molecule has 0 aromatic carbocycles. The lowest BCUT2D eigenvalue weighted by Gasteiger charge is -2.28. The molecule has 0 spiro atoms. The van der Waals surface area contributed by atoms with Crippen LogP contribution in [-0.2, 0) is 9.53 Å². The van der Waals surface area contributed by atoms with E-state index in [0.717, 1.165) is 5.56 Å². The first-order chi connectivity index (χ1) is 11.6. The van der Waals surface area contributed by atoms with E-state index in [2.05, 4.69) is 15.0 Å². The minimum Gasteiger partial charge on any atom is -0.475 e. The van der Waals surface area contributed by atoms with Crippen LogP contribution in [0, 0.1) is 5.41 Å². The number of hydrogen-bond acceptors (Lipinski definition) is 6. The Morgan fingerprint density at radius 2 is 1.76 bits per heavy atom. The number of rotatable bonds is 5. The Labute approximate surface area is 152 Å². The molecule has 0 bridgehead atoms. The zero-order valence-electron chi connectivity index (χ0n) is 15.0. The second-order valence-corrected chi connectivity index (χ2v) is 7.67. The van der Waals surface area contributed by atoms with Crippen LogP contribution in [0.4, 0.5) is 0 Å². The third-order valence-corrected chi connectivity index (χ3v) is 3.41. The molecule has 7 heteroatoms. The van der Waals surface area contributed by atoms with Crippen LogP contribution in [0.15, 0.2) is 30.7 Å². The van der Waals surface area contributed by atoms with Gasteiger partial charge in [-0.15, -0.1) is 0 Å². The third-order valence-electron chi connectivity index (χ3n) is 3.18. The lowest BCUT2D eigenvalue weighted by molar-refractivity contribution is -0.167. The van der Waals surface area contributed by atoms with Gasteiger partial charge in [0, 0.05) is 11.8 Å². The fourth-order valence-corrected chi connectivity index (χ4v) is 1.91. The molecule has 25 heavy (non-hydrogen) atoms. The second kappa shape index (κ2) is 7.35. The highest BCUT2D eigenvalue weighted by atomic mass is 35.5. The molecular weight excluding hydrogens is 342 g/mol. The Hall–Kier alpha value is -2.21. The Morgan fingerprint density at radius 3 is 2.28 bits per heavy atom. The number of halogens is 1. The van der Waals surface area contributed by atoms with Crippen molar-refractivity contribution in [2.45, 2.75) is 40.2 Å². The van der Waals surface area contributed by atoms with E-state index in [1.807, 2.05) is 26.8 Å². The van der Waals surface area contributed by atoms with Crippen molar-refractivity contribution in [1.29, 1.82) is 0 Å². The molecule has 0 N–H and O–H groups in total. The summed E-state index contributed by atoms with van der Waals surface area (Å²) in [4.78, 5) is 24.7. The maximum absolute atomic E-state index is 12.2. The Bertz CT molecular complexity index is 723. The average molecular weight is 364 g/mol. The van der Waals surface area contributed by atoms with E-state index >= 15 is 0 Å². The molecule has 2 aromatic heterocycles. The molecule has 2 rings (SSSR count). The standard InChI is InChI=1S/C18H22ClN3O3/c1-17(2,3)25-16(23)18(4,5)11-24-15-10-20-13(9-22-15)12-6-7-14(19)21-8-12/h6-10H,11H2,1-5H3. The van der Waals surface area contributed by atoms with Crippen molar-refractivity contribution in [2.24, 2.45) is 5.41 Å². The van der Waals surface area contributed by atoms with Gasteiger partial charge in [-0.3, -0.25) is 4.79 Å². The maximum Gasteiger partial charge on any atom is 0.315 e. The number of carbonyl (C=O) groups excluding carboxylic acids is 1. The zero-order valence-corrected chi connectivity index (χ0v) is 15.8. The third kappa shape index (κ3) is 5.67. The quantitative estimate of drug-likeness (QED) is 0.591. The number of nitrogens with zero attached hydrogens (tertiary/aromatic N) is 3. The minimum atomic E-state index is -0.798. The lowest BCUT2D eigenvalue weighted by Crippen LogP contribution is -2.37. The van der Waals surface area contributed by atoms with Crippen molar-refractivity contribution < 1.29 is 14.3 Å². The average Bonchev–Trinajstić information content (AvgIpc) is 2.53. The van der Waals surface area contributed by atoms with E-state index in [1.54, 1.807) is 32.3 Å². The minimum absolute atomic E-state index is 0.137. The summed E-state index contributed by atoms with van der Waals surface area (Å²) in [7, 11) is 0. The zero-order chi connectivity index (χ0) is 18.7. The predicted molar refractivity (Wildman–Crippen MR) is 95.4 cm³/mol. The van der Waals surface area contributed by atoms with Gasteiger partial charge in [0.25, 0.3) is 0 Å². The molecule has 0 aliphatic carbocycles. The largest absolute Gasteiger partial charge is 0.475 e. The van der Waals surface area contributed by atoms with Crippen LogP contribution >= 0.6 is 11.6 Å². The first-order valence-corrected chi connectivity index (χ1v) is 8.25. The first kappa shape index (κ1) is 19.1. The summed E-state index contributed by atoms with van der Waals surface area (Å²) in [6.45, 7) is 9.16. The molecule has 2 heterocycles. The van der Waals surface area contributed by atoms with Crippen molar-refractivity contribution in [1.82, 2.24) is 15.0 Å². The smallest absolute Gasteiger partial charge is 0.315 e. The van der Waals surface area contributed by atoms with Gasteiger partial charge in [-0.1, -0.05) is 11.6 Å². The van der Waals surface area contributed by atoms with Gasteiger partial charge in [0.15, 0.2) is 0 Å². The van der Waals surface area contributed by atoms with Crippen molar-refractivity contribution in [3.05, 3.63) is 35.9 Å². The molecule has 0 radical (unpaired) electrons. The lowest BCUT2D eigenvalue weighted by atomic mass is 9.95. The van der Waals surface area contributed by atoms with Crippen molar-refractivity contribution in [2.75, 3.05) is 6.61 Å². The molecular formula is C18H22ClN3O3. The van der Waals surface area contributed by atoms with E-state index in [9.17, 15) is 4.79 Å². The summed E-state index contributed by atoms with van der Waals surface area (Å²) >= 11 is 5.77. The predicted octanol–water partition coefficient (Wildman–Crippen LogP) is 3.94. The first-order valence-electron chi connectivity index (χ1n) is 7.87. The van der Waals surface area contributed by atoms with Crippen molar-refractivity contribution in [3.63, 3.8) is 0 Å². The van der Waals surface area contributed by atoms with Crippen LogP contribution in [0.3, 0.4) is 0 Å².